The maximum Gasteiger partial charge on any atom is 0.277 e. The van der Waals surface area contributed by atoms with Gasteiger partial charge in [0.2, 0.25) is 5.95 Å². The fraction of sp³-hybridized carbons (Fsp3) is 0.476. The molecule has 0 spiro atoms. The number of likely N-dealkylation sites (N-methyl/N-ethyl adjacent to an activating group) is 1. The number of fused-ring (bicyclic) bond motifs is 2. The summed E-state index contributed by atoms with van der Waals surface area (Å²) in [5, 5.41) is 13.9. The first-order valence-electron chi connectivity index (χ1n) is 11.0. The molecule has 33 heavy (non-hydrogen) atoms. The van der Waals surface area contributed by atoms with E-state index in [9.17, 15) is 8.42 Å². The molecule has 1 saturated heterocycles. The van der Waals surface area contributed by atoms with Crippen LogP contribution in [-0.4, -0.2) is 70.7 Å². The number of aromatic nitrogens is 4. The van der Waals surface area contributed by atoms with E-state index in [4.69, 9.17) is 9.88 Å². The van der Waals surface area contributed by atoms with Gasteiger partial charge in [-0.25, -0.2) is 14.8 Å². The number of rotatable bonds is 6. The number of nitrogens with two attached hydrogens (primary N) is 1. The summed E-state index contributed by atoms with van der Waals surface area (Å²) in [6.07, 6.45) is 5.88. The molecule has 1 aromatic carbocycles. The summed E-state index contributed by atoms with van der Waals surface area (Å²) in [6, 6.07) is 3.93. The molecule has 176 valence electrons. The molecule has 0 saturated carbocycles. The first-order valence-corrected chi connectivity index (χ1v) is 12.5. The third-order valence-corrected chi connectivity index (χ3v) is 7.52. The van der Waals surface area contributed by atoms with E-state index in [1.54, 1.807) is 24.2 Å². The Bertz CT molecular complexity index is 1290. The molecule has 0 radical (unpaired) electrons. The van der Waals surface area contributed by atoms with Crippen molar-refractivity contribution in [2.75, 3.05) is 32.6 Å². The Morgan fingerprint density at radius 3 is 2.88 bits per heavy atom. The van der Waals surface area contributed by atoms with E-state index in [0.29, 0.717) is 24.7 Å². The standard InChI is InChI=1S/C21H28N8O3S/c1-27-7-5-14-9-19(32-2)18(8-15(14)12-27)25-21-23-10-16-11-24-28(20(16)26-21)13-17-4-3-6-29(17)33(22,30)31/h8-11,17H,3-7,12-13H2,1-2H3,(H2,22,30,31)(H,23,25,26)/t17-/m0/s1. The van der Waals surface area contributed by atoms with E-state index < -0.39 is 10.2 Å². The first-order chi connectivity index (χ1) is 15.8. The van der Waals surface area contributed by atoms with Crippen LogP contribution in [0.1, 0.15) is 24.0 Å². The minimum absolute atomic E-state index is 0.243. The van der Waals surface area contributed by atoms with Crippen molar-refractivity contribution in [3.63, 3.8) is 0 Å². The van der Waals surface area contributed by atoms with Gasteiger partial charge in [0, 0.05) is 31.9 Å². The first kappa shape index (κ1) is 22.0. The second kappa shape index (κ2) is 8.52. The maximum atomic E-state index is 11.9. The zero-order chi connectivity index (χ0) is 23.2. The van der Waals surface area contributed by atoms with Crippen molar-refractivity contribution in [2.24, 2.45) is 5.14 Å². The summed E-state index contributed by atoms with van der Waals surface area (Å²) < 4.78 is 32.5. The number of ether oxygens (including phenoxy) is 1. The van der Waals surface area contributed by atoms with Gasteiger partial charge in [0.1, 0.15) is 5.75 Å². The molecule has 1 atom stereocenters. The Hall–Kier alpha value is -2.80. The van der Waals surface area contributed by atoms with Crippen molar-refractivity contribution in [3.8, 4) is 5.75 Å². The predicted octanol–water partition coefficient (Wildman–Crippen LogP) is 1.23. The minimum Gasteiger partial charge on any atom is -0.495 e. The molecule has 3 aromatic rings. The van der Waals surface area contributed by atoms with Gasteiger partial charge >= 0.3 is 0 Å². The van der Waals surface area contributed by atoms with Crippen LogP contribution in [0.4, 0.5) is 11.6 Å². The molecular weight excluding hydrogens is 444 g/mol. The van der Waals surface area contributed by atoms with Crippen LogP contribution < -0.4 is 15.2 Å². The molecule has 11 nitrogen and oxygen atoms in total. The van der Waals surface area contributed by atoms with Crippen molar-refractivity contribution < 1.29 is 13.2 Å². The molecule has 2 aliphatic heterocycles. The molecule has 3 N–H and O–H groups in total. The van der Waals surface area contributed by atoms with Gasteiger partial charge in [-0.15, -0.1) is 0 Å². The zero-order valence-corrected chi connectivity index (χ0v) is 19.5. The van der Waals surface area contributed by atoms with Crippen molar-refractivity contribution in [1.82, 2.24) is 29.0 Å². The number of nitrogens with one attached hydrogen (secondary N) is 1. The fourth-order valence-corrected chi connectivity index (χ4v) is 5.67. The SMILES string of the molecule is COc1cc2c(cc1Nc1ncc3cnn(C[C@@H]4CCCN4S(N)(=O)=O)c3n1)CN(C)CC2. The summed E-state index contributed by atoms with van der Waals surface area (Å²) in [7, 11) is 0.0170. The summed E-state index contributed by atoms with van der Waals surface area (Å²) in [5.41, 5.74) is 3.97. The van der Waals surface area contributed by atoms with Crippen molar-refractivity contribution >= 4 is 32.9 Å². The van der Waals surface area contributed by atoms with Crippen LogP contribution in [0.3, 0.4) is 0 Å². The molecule has 0 bridgehead atoms. The topological polar surface area (TPSA) is 132 Å². The average molecular weight is 473 g/mol. The highest BCUT2D eigenvalue weighted by molar-refractivity contribution is 7.86. The summed E-state index contributed by atoms with van der Waals surface area (Å²) in [6.45, 7) is 2.71. The van der Waals surface area contributed by atoms with Crippen LogP contribution in [0.5, 0.6) is 5.75 Å². The zero-order valence-electron chi connectivity index (χ0n) is 18.7. The highest BCUT2D eigenvalue weighted by atomic mass is 32.2. The molecule has 0 amide bonds. The van der Waals surface area contributed by atoms with Gasteiger partial charge in [-0.2, -0.15) is 22.8 Å². The molecule has 2 aliphatic rings. The number of hydrogen-bond donors (Lipinski definition) is 2. The molecule has 0 unspecified atom stereocenters. The van der Waals surface area contributed by atoms with Crippen LogP contribution in [0.25, 0.3) is 11.0 Å². The number of nitrogens with zero attached hydrogens (tertiary/aromatic N) is 6. The van der Waals surface area contributed by atoms with Crippen molar-refractivity contribution in [3.05, 3.63) is 35.7 Å². The van der Waals surface area contributed by atoms with E-state index in [0.717, 1.165) is 49.2 Å². The molecule has 2 aromatic heterocycles. The largest absolute Gasteiger partial charge is 0.495 e. The van der Waals surface area contributed by atoms with E-state index in [1.165, 1.54) is 15.4 Å². The molecule has 5 rings (SSSR count). The minimum atomic E-state index is -3.75. The van der Waals surface area contributed by atoms with Crippen molar-refractivity contribution in [1.29, 1.82) is 0 Å². The Morgan fingerprint density at radius 2 is 2.09 bits per heavy atom. The van der Waals surface area contributed by atoms with Crippen molar-refractivity contribution in [2.45, 2.75) is 38.4 Å². The lowest BCUT2D eigenvalue weighted by Crippen LogP contribution is -2.42. The predicted molar refractivity (Wildman–Crippen MR) is 124 cm³/mol. The molecule has 1 fully saturated rings. The number of methoxy groups -OCH3 is 1. The van der Waals surface area contributed by atoms with Gasteiger partial charge in [0.05, 0.1) is 30.9 Å². The van der Waals surface area contributed by atoms with Gasteiger partial charge in [0.25, 0.3) is 10.2 Å². The molecular formula is C21H28N8O3S. The lowest BCUT2D eigenvalue weighted by molar-refractivity contribution is 0.312. The second-order valence-electron chi connectivity index (χ2n) is 8.68. The Kier molecular flexibility index (Phi) is 5.69. The van der Waals surface area contributed by atoms with Crippen LogP contribution in [-0.2, 0) is 29.7 Å². The van der Waals surface area contributed by atoms with Gasteiger partial charge in [-0.05, 0) is 49.6 Å². The second-order valence-corrected chi connectivity index (χ2v) is 10.2. The van der Waals surface area contributed by atoms with Crippen LogP contribution in [0.2, 0.25) is 0 Å². The quantitative estimate of drug-likeness (QED) is 0.548. The average Bonchev–Trinajstić information content (AvgIpc) is 3.41. The van der Waals surface area contributed by atoms with Gasteiger partial charge in [-0.3, -0.25) is 0 Å². The summed E-state index contributed by atoms with van der Waals surface area (Å²) >= 11 is 0. The number of anilines is 2. The highest BCUT2D eigenvalue weighted by Gasteiger charge is 2.32. The third-order valence-electron chi connectivity index (χ3n) is 6.38. The van der Waals surface area contributed by atoms with Gasteiger partial charge in [-0.1, -0.05) is 0 Å². The lowest BCUT2D eigenvalue weighted by Gasteiger charge is -2.26. The van der Waals surface area contributed by atoms with Crippen LogP contribution in [0, 0.1) is 0 Å². The molecule has 4 heterocycles. The maximum absolute atomic E-state index is 11.9. The Balaban J connectivity index is 1.43. The normalized spacial score (nSPS) is 19.7. The number of hydrogen-bond acceptors (Lipinski definition) is 8. The Labute approximate surface area is 192 Å². The Morgan fingerprint density at radius 1 is 1.24 bits per heavy atom. The van der Waals surface area contributed by atoms with Crippen LogP contribution in [0.15, 0.2) is 24.5 Å². The van der Waals surface area contributed by atoms with Gasteiger partial charge < -0.3 is 15.0 Å². The lowest BCUT2D eigenvalue weighted by atomic mass is 9.99. The van der Waals surface area contributed by atoms with E-state index in [2.05, 4.69) is 44.5 Å². The highest BCUT2D eigenvalue weighted by Crippen LogP contribution is 2.33. The number of benzene rings is 1. The fourth-order valence-electron chi connectivity index (χ4n) is 4.70. The molecule has 0 aliphatic carbocycles. The van der Waals surface area contributed by atoms with E-state index >= 15 is 0 Å². The summed E-state index contributed by atoms with van der Waals surface area (Å²) in [4.78, 5) is 11.4. The van der Waals surface area contributed by atoms with E-state index in [-0.39, 0.29) is 6.04 Å². The van der Waals surface area contributed by atoms with E-state index in [1.807, 2.05) is 0 Å². The van der Waals surface area contributed by atoms with Gasteiger partial charge in [0.15, 0.2) is 5.65 Å². The van der Waals surface area contributed by atoms with Crippen LogP contribution >= 0.6 is 0 Å². The summed E-state index contributed by atoms with van der Waals surface area (Å²) in [5.74, 6) is 1.16. The monoisotopic (exact) mass is 472 g/mol. The smallest absolute Gasteiger partial charge is 0.277 e. The molecule has 12 heteroatoms. The third kappa shape index (κ3) is 4.38.